The smallest absolute Gasteiger partial charge is 0.417 e. The molecular formula is C23H27F3N2O4S. The van der Waals surface area contributed by atoms with Crippen LogP contribution >= 0.6 is 0 Å². The summed E-state index contributed by atoms with van der Waals surface area (Å²) in [7, 11) is -2.67. The van der Waals surface area contributed by atoms with Crippen molar-refractivity contribution in [1.29, 1.82) is 0 Å². The highest BCUT2D eigenvalue weighted by atomic mass is 32.2. The number of carbonyl (C=O) groups is 1. The Morgan fingerprint density at radius 3 is 2.42 bits per heavy atom. The summed E-state index contributed by atoms with van der Waals surface area (Å²) >= 11 is 0. The minimum atomic E-state index is -4.78. The average Bonchev–Trinajstić information content (AvgIpc) is 2.78. The van der Waals surface area contributed by atoms with E-state index in [1.54, 1.807) is 11.9 Å². The van der Waals surface area contributed by atoms with E-state index in [0.29, 0.717) is 18.9 Å². The van der Waals surface area contributed by atoms with Crippen molar-refractivity contribution in [3.63, 3.8) is 0 Å². The summed E-state index contributed by atoms with van der Waals surface area (Å²) in [5.41, 5.74) is -0.118. The standard InChI is InChI=1S/C23H27F3N2O4S/c1-17-6-5-7-19(16-17)32-15-14-27(2)22(29)18-10-12-28(13-11-18)33(30,31)21-9-4-3-8-20(21)23(24,25)26/h3-9,16,18H,10-15H2,1-2H3. The number of ether oxygens (including phenoxy) is 1. The van der Waals surface area contributed by atoms with Gasteiger partial charge in [-0.15, -0.1) is 0 Å². The maximum Gasteiger partial charge on any atom is 0.417 e. The van der Waals surface area contributed by atoms with Crippen LogP contribution in [-0.4, -0.2) is 56.8 Å². The van der Waals surface area contributed by atoms with Gasteiger partial charge in [0.1, 0.15) is 12.4 Å². The van der Waals surface area contributed by atoms with Crippen LogP contribution in [0.5, 0.6) is 5.75 Å². The lowest BCUT2D eigenvalue weighted by molar-refractivity contribution is -0.140. The molecule has 1 aliphatic rings. The van der Waals surface area contributed by atoms with Gasteiger partial charge in [0.15, 0.2) is 0 Å². The summed E-state index contributed by atoms with van der Waals surface area (Å²) in [5, 5.41) is 0. The van der Waals surface area contributed by atoms with Crippen LogP contribution in [0.1, 0.15) is 24.0 Å². The normalized spacial score (nSPS) is 15.9. The van der Waals surface area contributed by atoms with Gasteiger partial charge in [-0.1, -0.05) is 24.3 Å². The molecule has 10 heteroatoms. The van der Waals surface area contributed by atoms with Crippen LogP contribution < -0.4 is 4.74 Å². The van der Waals surface area contributed by atoms with E-state index in [0.717, 1.165) is 28.1 Å². The van der Waals surface area contributed by atoms with Gasteiger partial charge in [-0.2, -0.15) is 17.5 Å². The zero-order valence-electron chi connectivity index (χ0n) is 18.5. The largest absolute Gasteiger partial charge is 0.492 e. The molecule has 0 aromatic heterocycles. The minimum absolute atomic E-state index is 0.0153. The first-order chi connectivity index (χ1) is 15.5. The number of carbonyl (C=O) groups excluding carboxylic acids is 1. The number of likely N-dealkylation sites (N-methyl/N-ethyl adjacent to an activating group) is 1. The fraction of sp³-hybridized carbons (Fsp3) is 0.435. The average molecular weight is 485 g/mol. The number of rotatable bonds is 7. The fourth-order valence-corrected chi connectivity index (χ4v) is 5.52. The summed E-state index contributed by atoms with van der Waals surface area (Å²) in [5.74, 6) is 0.197. The van der Waals surface area contributed by atoms with Gasteiger partial charge in [0.25, 0.3) is 0 Å². The van der Waals surface area contributed by atoms with Gasteiger partial charge >= 0.3 is 6.18 Å². The predicted octanol–water partition coefficient (Wildman–Crippen LogP) is 3.95. The zero-order valence-corrected chi connectivity index (χ0v) is 19.3. The van der Waals surface area contributed by atoms with Crippen molar-refractivity contribution in [3.8, 4) is 5.75 Å². The van der Waals surface area contributed by atoms with Crippen LogP contribution in [0.15, 0.2) is 53.4 Å². The molecule has 2 aromatic carbocycles. The van der Waals surface area contributed by atoms with E-state index in [1.807, 2.05) is 31.2 Å². The van der Waals surface area contributed by atoms with Crippen molar-refractivity contribution in [1.82, 2.24) is 9.21 Å². The second-order valence-electron chi connectivity index (χ2n) is 8.10. The number of amides is 1. The van der Waals surface area contributed by atoms with Crippen LogP contribution in [0.3, 0.4) is 0 Å². The van der Waals surface area contributed by atoms with Crippen LogP contribution in [0.4, 0.5) is 13.2 Å². The molecule has 180 valence electrons. The van der Waals surface area contributed by atoms with Crippen molar-refractivity contribution in [2.24, 2.45) is 5.92 Å². The molecule has 6 nitrogen and oxygen atoms in total. The predicted molar refractivity (Wildman–Crippen MR) is 117 cm³/mol. The molecule has 0 bridgehead atoms. The summed E-state index contributed by atoms with van der Waals surface area (Å²) in [6.45, 7) is 2.60. The van der Waals surface area contributed by atoms with E-state index < -0.39 is 32.6 Å². The third-order valence-electron chi connectivity index (χ3n) is 5.67. The highest BCUT2D eigenvalue weighted by Crippen LogP contribution is 2.36. The lowest BCUT2D eigenvalue weighted by Crippen LogP contribution is -2.44. The van der Waals surface area contributed by atoms with Crippen LogP contribution in [-0.2, 0) is 21.0 Å². The number of hydrogen-bond donors (Lipinski definition) is 0. The molecule has 0 radical (unpaired) electrons. The molecule has 2 aromatic rings. The monoisotopic (exact) mass is 484 g/mol. The summed E-state index contributed by atoms with van der Waals surface area (Å²) in [6, 6.07) is 11.7. The van der Waals surface area contributed by atoms with Crippen molar-refractivity contribution >= 4 is 15.9 Å². The molecule has 3 rings (SSSR count). The van der Waals surface area contributed by atoms with Gasteiger partial charge in [-0.05, 0) is 49.6 Å². The van der Waals surface area contributed by atoms with E-state index in [2.05, 4.69) is 0 Å². The maximum atomic E-state index is 13.3. The number of halogens is 3. The van der Waals surface area contributed by atoms with Crippen molar-refractivity contribution in [2.45, 2.75) is 30.8 Å². The third kappa shape index (κ3) is 6.05. The number of aryl methyl sites for hydroxylation is 1. The Balaban J connectivity index is 1.56. The Labute approximate surface area is 192 Å². The highest BCUT2D eigenvalue weighted by Gasteiger charge is 2.40. The molecule has 1 heterocycles. The highest BCUT2D eigenvalue weighted by molar-refractivity contribution is 7.89. The van der Waals surface area contributed by atoms with E-state index >= 15 is 0 Å². The Kier molecular flexibility index (Phi) is 7.69. The van der Waals surface area contributed by atoms with Crippen LogP contribution in [0.2, 0.25) is 0 Å². The summed E-state index contributed by atoms with van der Waals surface area (Å²) in [4.78, 5) is 13.5. The van der Waals surface area contributed by atoms with Gasteiger partial charge in [-0.25, -0.2) is 8.42 Å². The number of hydrogen-bond acceptors (Lipinski definition) is 4. The van der Waals surface area contributed by atoms with E-state index in [-0.39, 0.29) is 31.8 Å². The van der Waals surface area contributed by atoms with Gasteiger partial charge < -0.3 is 9.64 Å². The number of alkyl halides is 3. The van der Waals surface area contributed by atoms with Crippen molar-refractivity contribution in [2.75, 3.05) is 33.3 Å². The molecular weight excluding hydrogens is 457 g/mol. The second-order valence-corrected chi connectivity index (χ2v) is 10.0. The summed E-state index contributed by atoms with van der Waals surface area (Å²) < 4.78 is 72.3. The Hall–Kier alpha value is -2.59. The quantitative estimate of drug-likeness (QED) is 0.597. The Morgan fingerprint density at radius 1 is 1.12 bits per heavy atom. The molecule has 33 heavy (non-hydrogen) atoms. The van der Waals surface area contributed by atoms with E-state index in [4.69, 9.17) is 4.74 Å². The van der Waals surface area contributed by atoms with Crippen molar-refractivity contribution < 1.29 is 31.1 Å². The number of benzene rings is 2. The first-order valence-corrected chi connectivity index (χ1v) is 12.0. The molecule has 1 fully saturated rings. The number of nitrogens with zero attached hydrogens (tertiary/aromatic N) is 2. The molecule has 0 atom stereocenters. The van der Waals surface area contributed by atoms with Gasteiger partial charge in [0.2, 0.25) is 15.9 Å². The van der Waals surface area contributed by atoms with Crippen LogP contribution in [0, 0.1) is 12.8 Å². The second kappa shape index (κ2) is 10.1. The zero-order chi connectivity index (χ0) is 24.2. The lowest BCUT2D eigenvalue weighted by atomic mass is 9.97. The van der Waals surface area contributed by atoms with E-state index in [1.165, 1.54) is 6.07 Å². The van der Waals surface area contributed by atoms with Crippen LogP contribution in [0.25, 0.3) is 0 Å². The molecule has 0 unspecified atom stereocenters. The Bertz CT molecular complexity index is 1080. The maximum absolute atomic E-state index is 13.3. The molecule has 1 saturated heterocycles. The summed E-state index contributed by atoms with van der Waals surface area (Å²) in [6.07, 6.45) is -4.29. The molecule has 0 spiro atoms. The first-order valence-electron chi connectivity index (χ1n) is 10.6. The molecule has 0 saturated carbocycles. The third-order valence-corrected chi connectivity index (χ3v) is 7.63. The molecule has 1 aliphatic heterocycles. The molecule has 1 amide bonds. The van der Waals surface area contributed by atoms with E-state index in [9.17, 15) is 26.4 Å². The van der Waals surface area contributed by atoms with Gasteiger partial charge in [-0.3, -0.25) is 4.79 Å². The molecule has 0 N–H and O–H groups in total. The molecule has 0 aliphatic carbocycles. The Morgan fingerprint density at radius 2 is 1.79 bits per heavy atom. The van der Waals surface area contributed by atoms with Gasteiger partial charge in [0, 0.05) is 26.1 Å². The van der Waals surface area contributed by atoms with Crippen molar-refractivity contribution in [3.05, 3.63) is 59.7 Å². The number of piperidine rings is 1. The van der Waals surface area contributed by atoms with Gasteiger partial charge in [0.05, 0.1) is 17.0 Å². The SMILES string of the molecule is Cc1cccc(OCCN(C)C(=O)C2CCN(S(=O)(=O)c3ccccc3C(F)(F)F)CC2)c1. The fourth-order valence-electron chi connectivity index (χ4n) is 3.84. The lowest BCUT2D eigenvalue weighted by Gasteiger charge is -2.33. The minimum Gasteiger partial charge on any atom is -0.492 e. The first kappa shape index (κ1) is 25.0. The number of sulfonamides is 1. The topological polar surface area (TPSA) is 66.9 Å².